The van der Waals surface area contributed by atoms with Gasteiger partial charge in [-0.2, -0.15) is 0 Å². The Bertz CT molecular complexity index is 706. The maximum Gasteiger partial charge on any atom is 0.310 e. The number of para-hydroxylation sites is 2. The molecule has 132 valence electrons. The summed E-state index contributed by atoms with van der Waals surface area (Å²) in [6.07, 6.45) is 5.09. The van der Waals surface area contributed by atoms with Gasteiger partial charge in [-0.15, -0.1) is 0 Å². The Labute approximate surface area is 146 Å². The van der Waals surface area contributed by atoms with E-state index in [0.717, 1.165) is 12.0 Å². The molecule has 1 aromatic carbocycles. The van der Waals surface area contributed by atoms with Gasteiger partial charge in [0.15, 0.2) is 5.75 Å². The molecule has 0 atom stereocenters. The van der Waals surface area contributed by atoms with Gasteiger partial charge in [0.05, 0.1) is 11.5 Å². The van der Waals surface area contributed by atoms with E-state index < -0.39 is 4.92 Å². The van der Waals surface area contributed by atoms with Crippen molar-refractivity contribution < 1.29 is 14.5 Å². The molecule has 0 aliphatic heterocycles. The van der Waals surface area contributed by atoms with Crippen LogP contribution >= 0.6 is 0 Å². The van der Waals surface area contributed by atoms with Crippen molar-refractivity contribution in [1.82, 2.24) is 9.88 Å². The van der Waals surface area contributed by atoms with Gasteiger partial charge in [-0.25, -0.2) is 0 Å². The zero-order valence-corrected chi connectivity index (χ0v) is 14.1. The van der Waals surface area contributed by atoms with Crippen molar-refractivity contribution in [3.05, 3.63) is 64.5 Å². The Morgan fingerprint density at radius 2 is 1.96 bits per heavy atom. The molecule has 0 bridgehead atoms. The minimum absolute atomic E-state index is 0.0280. The number of rotatable bonds is 9. The molecule has 1 amide bonds. The molecule has 0 aliphatic rings. The Balaban J connectivity index is 1.70. The number of hydrogen-bond acceptors (Lipinski definition) is 5. The van der Waals surface area contributed by atoms with Crippen LogP contribution in [0.1, 0.15) is 18.4 Å². The molecule has 0 N–H and O–H groups in total. The van der Waals surface area contributed by atoms with Gasteiger partial charge in [0.2, 0.25) is 5.91 Å². The molecule has 7 nitrogen and oxygen atoms in total. The number of nitro groups is 1. The van der Waals surface area contributed by atoms with Crippen LogP contribution in [0, 0.1) is 10.1 Å². The number of likely N-dealkylation sites (N-methyl/N-ethyl adjacent to an activating group) is 1. The molecular weight excluding hydrogens is 322 g/mol. The van der Waals surface area contributed by atoms with Crippen molar-refractivity contribution >= 4 is 11.6 Å². The molecule has 0 saturated carbocycles. The van der Waals surface area contributed by atoms with Gasteiger partial charge in [0, 0.05) is 38.5 Å². The molecule has 0 fully saturated rings. The second-order valence-corrected chi connectivity index (χ2v) is 5.60. The highest BCUT2D eigenvalue weighted by Gasteiger charge is 2.14. The average molecular weight is 343 g/mol. The molecule has 2 aromatic rings. The first-order valence-corrected chi connectivity index (χ1v) is 8.07. The fourth-order valence-corrected chi connectivity index (χ4v) is 2.30. The van der Waals surface area contributed by atoms with E-state index >= 15 is 0 Å². The van der Waals surface area contributed by atoms with Gasteiger partial charge < -0.3 is 9.64 Å². The molecule has 25 heavy (non-hydrogen) atoms. The standard InChI is InChI=1S/C18H21N3O4/c1-20(13-10-15-8-11-19-12-9-15)18(22)7-4-14-25-17-6-3-2-5-16(17)21(23)24/h2-3,5-6,8-9,11-12H,4,7,10,13-14H2,1H3. The number of carbonyl (C=O) groups is 1. The van der Waals surface area contributed by atoms with Gasteiger partial charge in [0.1, 0.15) is 0 Å². The average Bonchev–Trinajstić information content (AvgIpc) is 2.64. The molecule has 0 radical (unpaired) electrons. The van der Waals surface area contributed by atoms with Crippen molar-refractivity contribution in [2.45, 2.75) is 19.3 Å². The summed E-state index contributed by atoms with van der Waals surface area (Å²) in [5.41, 5.74) is 1.07. The van der Waals surface area contributed by atoms with Gasteiger partial charge in [-0.05, 0) is 36.6 Å². The lowest BCUT2D eigenvalue weighted by Gasteiger charge is -2.17. The summed E-state index contributed by atoms with van der Waals surface area (Å²) in [4.78, 5) is 28.2. The third kappa shape index (κ3) is 5.87. The first kappa shape index (κ1) is 18.4. The summed E-state index contributed by atoms with van der Waals surface area (Å²) in [5, 5.41) is 10.9. The predicted molar refractivity (Wildman–Crippen MR) is 93.4 cm³/mol. The lowest BCUT2D eigenvalue weighted by atomic mass is 10.2. The predicted octanol–water partition coefficient (Wildman–Crippen LogP) is 2.85. The summed E-state index contributed by atoms with van der Waals surface area (Å²) in [6, 6.07) is 10.1. The molecular formula is C18H21N3O4. The number of nitrogens with zero attached hydrogens (tertiary/aromatic N) is 3. The van der Waals surface area contributed by atoms with E-state index in [1.54, 1.807) is 42.5 Å². The first-order valence-electron chi connectivity index (χ1n) is 8.07. The van der Waals surface area contributed by atoms with E-state index in [1.165, 1.54) is 6.07 Å². The van der Waals surface area contributed by atoms with Crippen LogP contribution in [-0.4, -0.2) is 40.9 Å². The Kier molecular flexibility index (Phi) is 6.88. The van der Waals surface area contributed by atoms with Crippen LogP contribution in [0.15, 0.2) is 48.8 Å². The number of benzene rings is 1. The van der Waals surface area contributed by atoms with Crippen LogP contribution in [0.4, 0.5) is 5.69 Å². The zero-order chi connectivity index (χ0) is 18.1. The third-order valence-electron chi connectivity index (χ3n) is 3.77. The number of aromatic nitrogens is 1. The highest BCUT2D eigenvalue weighted by molar-refractivity contribution is 5.75. The normalized spacial score (nSPS) is 10.3. The van der Waals surface area contributed by atoms with E-state index in [1.807, 2.05) is 12.1 Å². The molecule has 7 heteroatoms. The number of hydrogen-bond donors (Lipinski definition) is 0. The largest absolute Gasteiger partial charge is 0.487 e. The minimum Gasteiger partial charge on any atom is -0.487 e. The number of ether oxygens (including phenoxy) is 1. The highest BCUT2D eigenvalue weighted by atomic mass is 16.6. The minimum atomic E-state index is -0.479. The maximum absolute atomic E-state index is 12.1. The molecule has 0 saturated heterocycles. The van der Waals surface area contributed by atoms with Crippen LogP contribution in [0.3, 0.4) is 0 Å². The van der Waals surface area contributed by atoms with E-state index in [9.17, 15) is 14.9 Å². The smallest absolute Gasteiger partial charge is 0.310 e. The van der Waals surface area contributed by atoms with Crippen molar-refractivity contribution in [3.8, 4) is 5.75 Å². The van der Waals surface area contributed by atoms with Gasteiger partial charge in [0.25, 0.3) is 0 Å². The summed E-state index contributed by atoms with van der Waals surface area (Å²) in [6.45, 7) is 0.892. The summed E-state index contributed by atoms with van der Waals surface area (Å²) in [7, 11) is 1.77. The summed E-state index contributed by atoms with van der Waals surface area (Å²) < 4.78 is 5.44. The molecule has 0 unspecified atom stereocenters. The van der Waals surface area contributed by atoms with Crippen LogP contribution in [-0.2, 0) is 11.2 Å². The summed E-state index contributed by atoms with van der Waals surface area (Å²) in [5.74, 6) is 0.256. The second kappa shape index (κ2) is 9.36. The fraction of sp³-hybridized carbons (Fsp3) is 0.333. The van der Waals surface area contributed by atoms with Gasteiger partial charge in [-0.3, -0.25) is 19.9 Å². The Morgan fingerprint density at radius 3 is 2.68 bits per heavy atom. The Morgan fingerprint density at radius 1 is 1.24 bits per heavy atom. The number of carbonyl (C=O) groups excluding carboxylic acids is 1. The topological polar surface area (TPSA) is 85.6 Å². The molecule has 1 aromatic heterocycles. The summed E-state index contributed by atoms with van der Waals surface area (Å²) >= 11 is 0. The molecule has 0 spiro atoms. The van der Waals surface area contributed by atoms with E-state index in [2.05, 4.69) is 4.98 Å². The van der Waals surface area contributed by atoms with Gasteiger partial charge in [-0.1, -0.05) is 12.1 Å². The van der Waals surface area contributed by atoms with Crippen LogP contribution in [0.5, 0.6) is 5.75 Å². The first-order chi connectivity index (χ1) is 12.1. The molecule has 1 heterocycles. The van der Waals surface area contributed by atoms with Crippen LogP contribution in [0.25, 0.3) is 0 Å². The highest BCUT2D eigenvalue weighted by Crippen LogP contribution is 2.25. The van der Waals surface area contributed by atoms with Crippen LogP contribution in [0.2, 0.25) is 0 Å². The maximum atomic E-state index is 12.1. The van der Waals surface area contributed by atoms with Crippen molar-refractivity contribution in [2.24, 2.45) is 0 Å². The molecule has 0 aliphatic carbocycles. The van der Waals surface area contributed by atoms with E-state index in [4.69, 9.17) is 4.74 Å². The Hall–Kier alpha value is -2.96. The number of amides is 1. The fourth-order valence-electron chi connectivity index (χ4n) is 2.30. The SMILES string of the molecule is CN(CCc1ccncc1)C(=O)CCCOc1ccccc1[N+](=O)[O-]. The molecule has 2 rings (SSSR count). The second-order valence-electron chi connectivity index (χ2n) is 5.60. The zero-order valence-electron chi connectivity index (χ0n) is 14.1. The van der Waals surface area contributed by atoms with Crippen molar-refractivity contribution in [1.29, 1.82) is 0 Å². The van der Waals surface area contributed by atoms with Crippen molar-refractivity contribution in [2.75, 3.05) is 20.2 Å². The van der Waals surface area contributed by atoms with E-state index in [0.29, 0.717) is 19.4 Å². The van der Waals surface area contributed by atoms with Crippen molar-refractivity contribution in [3.63, 3.8) is 0 Å². The van der Waals surface area contributed by atoms with Gasteiger partial charge >= 0.3 is 5.69 Å². The lowest BCUT2D eigenvalue weighted by Crippen LogP contribution is -2.28. The third-order valence-corrected chi connectivity index (χ3v) is 3.77. The monoisotopic (exact) mass is 343 g/mol. The van der Waals surface area contributed by atoms with Crippen LogP contribution < -0.4 is 4.74 Å². The lowest BCUT2D eigenvalue weighted by molar-refractivity contribution is -0.385. The van der Waals surface area contributed by atoms with E-state index in [-0.39, 0.29) is 24.0 Å². The number of pyridine rings is 1. The quantitative estimate of drug-likeness (QED) is 0.397. The number of nitro benzene ring substituents is 1.